The minimum Gasteiger partial charge on any atom is -0.493 e. The summed E-state index contributed by atoms with van der Waals surface area (Å²) in [6.07, 6.45) is -0.499. The summed E-state index contributed by atoms with van der Waals surface area (Å²) in [5.41, 5.74) is 1.88. The first kappa shape index (κ1) is 17.8. The lowest BCUT2D eigenvalue weighted by Gasteiger charge is -2.13. The molecule has 0 spiro atoms. The third kappa shape index (κ3) is 4.75. The second kappa shape index (κ2) is 8.38. The fourth-order valence-electron chi connectivity index (χ4n) is 2.73. The van der Waals surface area contributed by atoms with Gasteiger partial charge in [0.2, 0.25) is 5.91 Å². The van der Waals surface area contributed by atoms with Gasteiger partial charge in [0.25, 0.3) is 0 Å². The van der Waals surface area contributed by atoms with Crippen LogP contribution in [0.4, 0.5) is 10.5 Å². The van der Waals surface area contributed by atoms with Crippen molar-refractivity contribution in [2.75, 3.05) is 24.6 Å². The SMILES string of the molecule is Cc1cccc(N2CC(CNC(=O)CCOc3ccccc3)OC2=O)c1. The molecule has 0 aromatic heterocycles. The molecule has 1 atom stereocenters. The zero-order valence-corrected chi connectivity index (χ0v) is 14.7. The van der Waals surface area contributed by atoms with Crippen molar-refractivity contribution in [1.82, 2.24) is 5.32 Å². The lowest BCUT2D eigenvalue weighted by Crippen LogP contribution is -2.35. The summed E-state index contributed by atoms with van der Waals surface area (Å²) in [6.45, 7) is 2.98. The highest BCUT2D eigenvalue weighted by Gasteiger charge is 2.32. The second-order valence-electron chi connectivity index (χ2n) is 6.17. The van der Waals surface area contributed by atoms with Crippen LogP contribution in [0, 0.1) is 6.92 Å². The van der Waals surface area contributed by atoms with Crippen molar-refractivity contribution >= 4 is 17.7 Å². The molecule has 1 aliphatic heterocycles. The Bertz CT molecular complexity index is 763. The maximum atomic E-state index is 12.0. The zero-order valence-electron chi connectivity index (χ0n) is 14.7. The number of hydrogen-bond acceptors (Lipinski definition) is 4. The quantitative estimate of drug-likeness (QED) is 0.830. The molecule has 1 N–H and O–H groups in total. The number of ether oxygens (including phenoxy) is 2. The van der Waals surface area contributed by atoms with Gasteiger partial charge in [0.15, 0.2) is 0 Å². The number of nitrogens with one attached hydrogen (secondary N) is 1. The summed E-state index contributed by atoms with van der Waals surface area (Å²) in [7, 11) is 0. The third-order valence-corrected chi connectivity index (χ3v) is 4.06. The van der Waals surface area contributed by atoms with Crippen molar-refractivity contribution in [3.05, 3.63) is 60.2 Å². The van der Waals surface area contributed by atoms with Gasteiger partial charge < -0.3 is 14.8 Å². The molecule has 0 radical (unpaired) electrons. The number of cyclic esters (lactones) is 1. The monoisotopic (exact) mass is 354 g/mol. The molecular weight excluding hydrogens is 332 g/mol. The van der Waals surface area contributed by atoms with Gasteiger partial charge in [-0.25, -0.2) is 4.79 Å². The molecule has 0 aliphatic carbocycles. The van der Waals surface area contributed by atoms with E-state index in [1.165, 1.54) is 0 Å². The van der Waals surface area contributed by atoms with E-state index in [-0.39, 0.29) is 31.1 Å². The number of carbonyl (C=O) groups excluding carboxylic acids is 2. The van der Waals surface area contributed by atoms with Crippen LogP contribution in [0.15, 0.2) is 54.6 Å². The molecule has 26 heavy (non-hydrogen) atoms. The van der Waals surface area contributed by atoms with Gasteiger partial charge >= 0.3 is 6.09 Å². The number of amides is 2. The minimum absolute atomic E-state index is 0.133. The number of para-hydroxylation sites is 1. The number of nitrogens with zero attached hydrogens (tertiary/aromatic N) is 1. The highest BCUT2D eigenvalue weighted by atomic mass is 16.6. The third-order valence-electron chi connectivity index (χ3n) is 4.06. The molecule has 2 aromatic rings. The van der Waals surface area contributed by atoms with Gasteiger partial charge in [-0.2, -0.15) is 0 Å². The van der Waals surface area contributed by atoms with Crippen LogP contribution in [0.25, 0.3) is 0 Å². The molecular formula is C20H22N2O4. The maximum absolute atomic E-state index is 12.0. The van der Waals surface area contributed by atoms with E-state index in [0.29, 0.717) is 13.2 Å². The summed E-state index contributed by atoms with van der Waals surface area (Å²) in [5.74, 6) is 0.602. The first-order chi connectivity index (χ1) is 12.6. The first-order valence-corrected chi connectivity index (χ1v) is 8.61. The lowest BCUT2D eigenvalue weighted by molar-refractivity contribution is -0.121. The van der Waals surface area contributed by atoms with Crippen LogP contribution in [-0.4, -0.2) is 37.8 Å². The van der Waals surface area contributed by atoms with Gasteiger partial charge in [0.1, 0.15) is 11.9 Å². The molecule has 0 bridgehead atoms. The molecule has 2 amide bonds. The van der Waals surface area contributed by atoms with Crippen LogP contribution in [0.1, 0.15) is 12.0 Å². The molecule has 1 unspecified atom stereocenters. The Morgan fingerprint density at radius 3 is 2.81 bits per heavy atom. The van der Waals surface area contributed by atoms with E-state index in [0.717, 1.165) is 17.0 Å². The van der Waals surface area contributed by atoms with Crippen LogP contribution < -0.4 is 15.0 Å². The van der Waals surface area contributed by atoms with Crippen LogP contribution in [0.2, 0.25) is 0 Å². The average Bonchev–Trinajstić information content (AvgIpc) is 3.02. The predicted octanol–water partition coefficient (Wildman–Crippen LogP) is 2.91. The largest absolute Gasteiger partial charge is 0.493 e. The Labute approximate surface area is 152 Å². The molecule has 6 nitrogen and oxygen atoms in total. The minimum atomic E-state index is -0.387. The maximum Gasteiger partial charge on any atom is 0.414 e. The van der Waals surface area contributed by atoms with Crippen molar-refractivity contribution in [1.29, 1.82) is 0 Å². The molecule has 1 aliphatic rings. The van der Waals surface area contributed by atoms with Gasteiger partial charge in [-0.3, -0.25) is 9.69 Å². The lowest BCUT2D eigenvalue weighted by atomic mass is 10.2. The van der Waals surface area contributed by atoms with E-state index in [4.69, 9.17) is 9.47 Å². The number of aryl methyl sites for hydroxylation is 1. The number of anilines is 1. The molecule has 0 saturated carbocycles. The Kier molecular flexibility index (Phi) is 5.73. The highest BCUT2D eigenvalue weighted by Crippen LogP contribution is 2.22. The normalized spacial score (nSPS) is 16.3. The highest BCUT2D eigenvalue weighted by molar-refractivity contribution is 5.89. The zero-order chi connectivity index (χ0) is 18.4. The summed E-state index contributed by atoms with van der Waals surface area (Å²) < 4.78 is 10.8. The summed E-state index contributed by atoms with van der Waals surface area (Å²) in [4.78, 5) is 25.5. The molecule has 1 fully saturated rings. The van der Waals surface area contributed by atoms with Crippen molar-refractivity contribution in [3.63, 3.8) is 0 Å². The van der Waals surface area contributed by atoms with Gasteiger partial charge in [-0.1, -0.05) is 30.3 Å². The first-order valence-electron chi connectivity index (χ1n) is 8.61. The smallest absolute Gasteiger partial charge is 0.414 e. The topological polar surface area (TPSA) is 67.9 Å². The van der Waals surface area contributed by atoms with E-state index < -0.39 is 0 Å². The Balaban J connectivity index is 1.41. The van der Waals surface area contributed by atoms with Gasteiger partial charge in [0, 0.05) is 5.69 Å². The Hall–Kier alpha value is -3.02. The summed E-state index contributed by atoms with van der Waals surface area (Å²) in [5, 5.41) is 2.79. The fraction of sp³-hybridized carbons (Fsp3) is 0.300. The van der Waals surface area contributed by atoms with Gasteiger partial charge in [-0.15, -0.1) is 0 Å². The van der Waals surface area contributed by atoms with E-state index in [2.05, 4.69) is 5.32 Å². The second-order valence-corrected chi connectivity index (χ2v) is 6.17. The Morgan fingerprint density at radius 1 is 1.23 bits per heavy atom. The number of carbonyl (C=O) groups is 2. The van der Waals surface area contributed by atoms with E-state index in [9.17, 15) is 9.59 Å². The predicted molar refractivity (Wildman–Crippen MR) is 98.4 cm³/mol. The van der Waals surface area contributed by atoms with E-state index in [1.807, 2.05) is 61.5 Å². The van der Waals surface area contributed by atoms with Crippen LogP contribution in [0.3, 0.4) is 0 Å². The van der Waals surface area contributed by atoms with E-state index in [1.54, 1.807) is 4.90 Å². The van der Waals surface area contributed by atoms with Crippen LogP contribution in [0.5, 0.6) is 5.75 Å². The molecule has 6 heteroatoms. The van der Waals surface area contributed by atoms with Crippen LogP contribution in [-0.2, 0) is 9.53 Å². The number of hydrogen-bond donors (Lipinski definition) is 1. The standard InChI is InChI=1S/C20H22N2O4/c1-15-6-5-7-16(12-15)22-14-18(26-20(22)24)13-21-19(23)10-11-25-17-8-3-2-4-9-17/h2-9,12,18H,10-11,13-14H2,1H3,(H,21,23). The van der Waals surface area contributed by atoms with Crippen molar-refractivity contribution in [2.45, 2.75) is 19.4 Å². The average molecular weight is 354 g/mol. The van der Waals surface area contributed by atoms with Gasteiger partial charge in [-0.05, 0) is 36.8 Å². The van der Waals surface area contributed by atoms with Crippen molar-refractivity contribution < 1.29 is 19.1 Å². The molecule has 136 valence electrons. The van der Waals surface area contributed by atoms with Crippen molar-refractivity contribution in [2.24, 2.45) is 0 Å². The summed E-state index contributed by atoms with van der Waals surface area (Å²) in [6, 6.07) is 17.0. The number of rotatable bonds is 7. The number of benzene rings is 2. The molecule has 2 aromatic carbocycles. The molecule has 1 saturated heterocycles. The molecule has 1 heterocycles. The molecule has 3 rings (SSSR count). The van der Waals surface area contributed by atoms with Gasteiger partial charge in [0.05, 0.1) is 26.1 Å². The van der Waals surface area contributed by atoms with E-state index >= 15 is 0 Å². The Morgan fingerprint density at radius 2 is 2.04 bits per heavy atom. The summed E-state index contributed by atoms with van der Waals surface area (Å²) >= 11 is 0. The fourth-order valence-corrected chi connectivity index (χ4v) is 2.73. The van der Waals surface area contributed by atoms with Crippen molar-refractivity contribution in [3.8, 4) is 5.75 Å². The van der Waals surface area contributed by atoms with Crippen LogP contribution >= 0.6 is 0 Å².